The summed E-state index contributed by atoms with van der Waals surface area (Å²) in [6.07, 6.45) is -5.38. The summed E-state index contributed by atoms with van der Waals surface area (Å²) >= 11 is 0. The number of nitrogens with one attached hydrogen (secondary N) is 1. The summed E-state index contributed by atoms with van der Waals surface area (Å²) in [6, 6.07) is 15.3. The maximum atomic E-state index is 13.2. The largest absolute Gasteiger partial charge is 0.391 e. The van der Waals surface area contributed by atoms with E-state index in [2.05, 4.69) is 5.32 Å². The summed E-state index contributed by atoms with van der Waals surface area (Å²) < 4.78 is 39.7. The zero-order chi connectivity index (χ0) is 18.9. The molecule has 1 aliphatic heterocycles. The Bertz CT molecular complexity index is 776. The van der Waals surface area contributed by atoms with E-state index < -0.39 is 24.6 Å². The SMILES string of the molecule is CC(=O)N1c2ccccc2C(Nc2ccccc2)[C@@H](C)C1CC(F)(F)F. The third-order valence-corrected chi connectivity index (χ3v) is 4.87. The van der Waals surface area contributed by atoms with Crippen LogP contribution < -0.4 is 10.2 Å². The van der Waals surface area contributed by atoms with Crippen molar-refractivity contribution in [3.63, 3.8) is 0 Å². The first kappa shape index (κ1) is 18.3. The summed E-state index contributed by atoms with van der Waals surface area (Å²) in [5.74, 6) is -0.799. The summed E-state index contributed by atoms with van der Waals surface area (Å²) in [6.45, 7) is 3.08. The number of fused-ring (bicyclic) bond motifs is 1. The molecule has 0 spiro atoms. The lowest BCUT2D eigenvalue weighted by Gasteiger charge is -2.45. The molecule has 26 heavy (non-hydrogen) atoms. The van der Waals surface area contributed by atoms with Gasteiger partial charge in [0.05, 0.1) is 18.5 Å². The molecule has 1 heterocycles. The maximum absolute atomic E-state index is 13.2. The van der Waals surface area contributed by atoms with E-state index in [0.717, 1.165) is 11.3 Å². The van der Waals surface area contributed by atoms with Crippen LogP contribution in [0.4, 0.5) is 24.5 Å². The van der Waals surface area contributed by atoms with Crippen LogP contribution in [0.1, 0.15) is 31.9 Å². The second-order valence-corrected chi connectivity index (χ2v) is 6.68. The lowest BCUT2D eigenvalue weighted by molar-refractivity contribution is -0.143. The zero-order valence-electron chi connectivity index (χ0n) is 14.6. The van der Waals surface area contributed by atoms with Crippen molar-refractivity contribution in [1.29, 1.82) is 0 Å². The number of benzene rings is 2. The van der Waals surface area contributed by atoms with Gasteiger partial charge in [0, 0.05) is 24.2 Å². The molecule has 0 bridgehead atoms. The molecule has 6 heteroatoms. The Hall–Kier alpha value is -2.50. The average Bonchev–Trinajstić information content (AvgIpc) is 2.58. The van der Waals surface area contributed by atoms with Gasteiger partial charge in [0.1, 0.15) is 0 Å². The minimum atomic E-state index is -4.35. The molecule has 2 aromatic rings. The predicted molar refractivity (Wildman–Crippen MR) is 96.0 cm³/mol. The fourth-order valence-electron chi connectivity index (χ4n) is 3.73. The number of hydrogen-bond acceptors (Lipinski definition) is 2. The average molecular weight is 362 g/mol. The van der Waals surface area contributed by atoms with E-state index >= 15 is 0 Å². The Morgan fingerprint density at radius 2 is 1.69 bits per heavy atom. The third-order valence-electron chi connectivity index (χ3n) is 4.87. The van der Waals surface area contributed by atoms with E-state index in [-0.39, 0.29) is 11.9 Å². The summed E-state index contributed by atoms with van der Waals surface area (Å²) in [5.41, 5.74) is 2.21. The highest BCUT2D eigenvalue weighted by Gasteiger charge is 2.45. The number of carbonyl (C=O) groups excluding carboxylic acids is 1. The van der Waals surface area contributed by atoms with Crippen molar-refractivity contribution in [2.75, 3.05) is 10.2 Å². The highest BCUT2D eigenvalue weighted by atomic mass is 19.4. The molecular weight excluding hydrogens is 341 g/mol. The van der Waals surface area contributed by atoms with Crippen LogP contribution in [-0.2, 0) is 4.79 Å². The van der Waals surface area contributed by atoms with Crippen LogP contribution in [0.25, 0.3) is 0 Å². The standard InChI is InChI=1S/C20H21F3N2O/c1-13-18(12-20(21,22)23)25(14(2)26)17-11-7-6-10-16(17)19(13)24-15-8-4-3-5-9-15/h3-11,13,18-19,24H,12H2,1-2H3/t13-,18?,19?/m0/s1. The van der Waals surface area contributed by atoms with E-state index in [1.807, 2.05) is 42.5 Å². The molecule has 0 radical (unpaired) electrons. The summed E-state index contributed by atoms with van der Waals surface area (Å²) in [4.78, 5) is 13.5. The van der Waals surface area contributed by atoms with Crippen molar-refractivity contribution in [3.05, 3.63) is 60.2 Å². The Balaban J connectivity index is 2.06. The van der Waals surface area contributed by atoms with Crippen molar-refractivity contribution >= 4 is 17.3 Å². The number of amides is 1. The van der Waals surface area contributed by atoms with Crippen LogP contribution in [0.15, 0.2) is 54.6 Å². The van der Waals surface area contributed by atoms with Crippen molar-refractivity contribution in [3.8, 4) is 0 Å². The first-order valence-electron chi connectivity index (χ1n) is 8.55. The van der Waals surface area contributed by atoms with Crippen molar-refractivity contribution < 1.29 is 18.0 Å². The minimum Gasteiger partial charge on any atom is -0.378 e. The molecule has 1 amide bonds. The molecule has 0 saturated carbocycles. The van der Waals surface area contributed by atoms with Gasteiger partial charge in [-0.2, -0.15) is 13.2 Å². The van der Waals surface area contributed by atoms with Gasteiger partial charge in [0.15, 0.2) is 0 Å². The molecule has 0 aliphatic carbocycles. The van der Waals surface area contributed by atoms with Crippen LogP contribution in [-0.4, -0.2) is 18.1 Å². The van der Waals surface area contributed by atoms with E-state index in [0.29, 0.717) is 5.69 Å². The summed E-state index contributed by atoms with van der Waals surface area (Å²) in [7, 11) is 0. The van der Waals surface area contributed by atoms with Crippen molar-refractivity contribution in [2.45, 2.75) is 38.5 Å². The van der Waals surface area contributed by atoms with Crippen LogP contribution in [0, 0.1) is 5.92 Å². The van der Waals surface area contributed by atoms with Gasteiger partial charge in [0.25, 0.3) is 0 Å². The lowest BCUT2D eigenvalue weighted by atomic mass is 9.80. The molecule has 0 fully saturated rings. The molecule has 3 rings (SSSR count). The fraction of sp³-hybridized carbons (Fsp3) is 0.350. The number of alkyl halides is 3. The highest BCUT2D eigenvalue weighted by molar-refractivity contribution is 5.94. The number of anilines is 2. The van der Waals surface area contributed by atoms with Gasteiger partial charge in [-0.25, -0.2) is 0 Å². The Morgan fingerprint density at radius 1 is 1.08 bits per heavy atom. The Kier molecular flexibility index (Phi) is 4.94. The number of halogens is 3. The van der Waals surface area contributed by atoms with Gasteiger partial charge in [0.2, 0.25) is 5.91 Å². The van der Waals surface area contributed by atoms with Crippen LogP contribution in [0.5, 0.6) is 0 Å². The van der Waals surface area contributed by atoms with Gasteiger partial charge < -0.3 is 10.2 Å². The first-order valence-corrected chi connectivity index (χ1v) is 8.55. The van der Waals surface area contributed by atoms with Crippen molar-refractivity contribution in [1.82, 2.24) is 0 Å². The van der Waals surface area contributed by atoms with Crippen LogP contribution >= 0.6 is 0 Å². The smallest absolute Gasteiger partial charge is 0.378 e. The third kappa shape index (κ3) is 3.69. The molecule has 0 saturated heterocycles. The zero-order valence-corrected chi connectivity index (χ0v) is 14.6. The fourth-order valence-corrected chi connectivity index (χ4v) is 3.73. The first-order chi connectivity index (χ1) is 12.3. The topological polar surface area (TPSA) is 32.3 Å². The summed E-state index contributed by atoms with van der Waals surface area (Å²) in [5, 5.41) is 3.36. The van der Waals surface area contributed by atoms with Gasteiger partial charge in [-0.1, -0.05) is 43.3 Å². The molecule has 2 aromatic carbocycles. The predicted octanol–water partition coefficient (Wildman–Crippen LogP) is 5.16. The molecule has 1 N–H and O–H groups in total. The molecule has 3 nitrogen and oxygen atoms in total. The second kappa shape index (κ2) is 7.02. The number of nitrogens with zero attached hydrogens (tertiary/aromatic N) is 1. The maximum Gasteiger partial charge on any atom is 0.391 e. The Morgan fingerprint density at radius 3 is 2.31 bits per heavy atom. The van der Waals surface area contributed by atoms with E-state index in [9.17, 15) is 18.0 Å². The molecule has 2 unspecified atom stereocenters. The number of rotatable bonds is 3. The highest BCUT2D eigenvalue weighted by Crippen LogP contribution is 2.45. The van der Waals surface area contributed by atoms with E-state index in [4.69, 9.17) is 0 Å². The lowest BCUT2D eigenvalue weighted by Crippen LogP contribution is -2.51. The molecule has 138 valence electrons. The number of carbonyl (C=O) groups is 1. The number of para-hydroxylation sites is 2. The molecule has 1 aliphatic rings. The van der Waals surface area contributed by atoms with Crippen molar-refractivity contribution in [2.24, 2.45) is 5.92 Å². The quantitative estimate of drug-likeness (QED) is 0.818. The van der Waals surface area contributed by atoms with Crippen LogP contribution in [0.3, 0.4) is 0 Å². The number of hydrogen-bond donors (Lipinski definition) is 1. The van der Waals surface area contributed by atoms with Gasteiger partial charge in [-0.05, 0) is 23.8 Å². The second-order valence-electron chi connectivity index (χ2n) is 6.68. The molecule has 0 aromatic heterocycles. The monoisotopic (exact) mass is 362 g/mol. The molecule has 3 atom stereocenters. The van der Waals surface area contributed by atoms with E-state index in [1.165, 1.54) is 11.8 Å². The molecular formula is C20H21F3N2O. The minimum absolute atomic E-state index is 0.323. The van der Waals surface area contributed by atoms with Gasteiger partial charge >= 0.3 is 6.18 Å². The van der Waals surface area contributed by atoms with E-state index in [1.54, 1.807) is 19.1 Å². The van der Waals surface area contributed by atoms with Gasteiger partial charge in [-0.15, -0.1) is 0 Å². The van der Waals surface area contributed by atoms with Crippen LogP contribution in [0.2, 0.25) is 0 Å². The Labute approximate surface area is 150 Å². The van der Waals surface area contributed by atoms with Gasteiger partial charge in [-0.3, -0.25) is 4.79 Å². The normalized spacial score (nSPS) is 22.7.